The highest BCUT2D eigenvalue weighted by atomic mass is 19.1. The lowest BCUT2D eigenvalue weighted by Crippen LogP contribution is -2.22. The monoisotopic (exact) mass is 242 g/mol. The molecule has 0 radical (unpaired) electrons. The van der Waals surface area contributed by atoms with Crippen LogP contribution in [0.5, 0.6) is 0 Å². The lowest BCUT2D eigenvalue weighted by Gasteiger charge is -2.07. The van der Waals surface area contributed by atoms with Crippen molar-refractivity contribution in [3.8, 4) is 6.07 Å². The van der Waals surface area contributed by atoms with E-state index >= 15 is 0 Å². The van der Waals surface area contributed by atoms with E-state index < -0.39 is 5.82 Å². The Kier molecular flexibility index (Phi) is 3.24. The number of rotatable bonds is 2. The molecule has 0 saturated carbocycles. The zero-order valence-corrected chi connectivity index (χ0v) is 9.85. The van der Waals surface area contributed by atoms with Crippen molar-refractivity contribution in [2.75, 3.05) is 0 Å². The Hall–Kier alpha value is -2.41. The van der Waals surface area contributed by atoms with E-state index in [9.17, 15) is 9.18 Å². The predicted octanol–water partition coefficient (Wildman–Crippen LogP) is 2.22. The molecule has 0 saturated heterocycles. The fourth-order valence-electron chi connectivity index (χ4n) is 1.71. The van der Waals surface area contributed by atoms with Gasteiger partial charge < -0.3 is 4.57 Å². The summed E-state index contributed by atoms with van der Waals surface area (Å²) in [6, 6.07) is 9.58. The molecule has 90 valence electrons. The van der Waals surface area contributed by atoms with E-state index in [-0.39, 0.29) is 17.7 Å². The highest BCUT2D eigenvalue weighted by Crippen LogP contribution is 2.11. The van der Waals surface area contributed by atoms with Gasteiger partial charge in [-0.3, -0.25) is 4.79 Å². The van der Waals surface area contributed by atoms with Crippen LogP contribution >= 0.6 is 0 Å². The fraction of sp³-hybridized carbons (Fsp3) is 0.143. The SMILES string of the molecule is Cc1cccn(Cc2ccc(C#N)cc2F)c1=O. The summed E-state index contributed by atoms with van der Waals surface area (Å²) in [5.41, 5.74) is 1.14. The van der Waals surface area contributed by atoms with Crippen LogP contribution in [0.15, 0.2) is 41.3 Å². The molecule has 3 nitrogen and oxygen atoms in total. The summed E-state index contributed by atoms with van der Waals surface area (Å²) in [5, 5.41) is 8.65. The minimum atomic E-state index is -0.470. The molecule has 1 aromatic heterocycles. The Bertz CT molecular complexity index is 683. The Morgan fingerprint density at radius 3 is 2.83 bits per heavy atom. The first kappa shape index (κ1) is 12.1. The molecule has 0 aliphatic heterocycles. The number of nitrogens with zero attached hydrogens (tertiary/aromatic N) is 2. The van der Waals surface area contributed by atoms with Crippen molar-refractivity contribution >= 4 is 0 Å². The van der Waals surface area contributed by atoms with Crippen LogP contribution in [0.2, 0.25) is 0 Å². The van der Waals surface area contributed by atoms with Crippen LogP contribution in [-0.2, 0) is 6.54 Å². The predicted molar refractivity (Wildman–Crippen MR) is 65.7 cm³/mol. The van der Waals surface area contributed by atoms with Crippen molar-refractivity contribution in [2.24, 2.45) is 0 Å². The van der Waals surface area contributed by atoms with Gasteiger partial charge in [0.1, 0.15) is 5.82 Å². The van der Waals surface area contributed by atoms with Gasteiger partial charge in [-0.25, -0.2) is 4.39 Å². The van der Waals surface area contributed by atoms with Crippen LogP contribution in [-0.4, -0.2) is 4.57 Å². The molecule has 0 fully saturated rings. The topological polar surface area (TPSA) is 45.8 Å². The number of hydrogen-bond acceptors (Lipinski definition) is 2. The van der Waals surface area contributed by atoms with Crippen LogP contribution < -0.4 is 5.56 Å². The van der Waals surface area contributed by atoms with Crippen molar-refractivity contribution < 1.29 is 4.39 Å². The average Bonchev–Trinajstić information content (AvgIpc) is 2.37. The maximum atomic E-state index is 13.7. The second kappa shape index (κ2) is 4.84. The minimum Gasteiger partial charge on any atom is -0.311 e. The lowest BCUT2D eigenvalue weighted by atomic mass is 10.1. The molecule has 2 rings (SSSR count). The Morgan fingerprint density at radius 2 is 2.17 bits per heavy atom. The number of aryl methyl sites for hydroxylation is 1. The zero-order valence-electron chi connectivity index (χ0n) is 9.85. The molecule has 0 aliphatic rings. The number of nitriles is 1. The maximum Gasteiger partial charge on any atom is 0.253 e. The van der Waals surface area contributed by atoms with Crippen molar-refractivity contribution in [3.63, 3.8) is 0 Å². The molecule has 1 heterocycles. The van der Waals surface area contributed by atoms with E-state index in [1.807, 2.05) is 6.07 Å². The molecule has 0 bridgehead atoms. The highest BCUT2D eigenvalue weighted by Gasteiger charge is 2.06. The number of halogens is 1. The van der Waals surface area contributed by atoms with E-state index in [0.29, 0.717) is 11.1 Å². The van der Waals surface area contributed by atoms with Gasteiger partial charge in [0, 0.05) is 17.3 Å². The van der Waals surface area contributed by atoms with Gasteiger partial charge in [-0.2, -0.15) is 5.26 Å². The first-order valence-corrected chi connectivity index (χ1v) is 5.46. The van der Waals surface area contributed by atoms with Crippen LogP contribution in [0.1, 0.15) is 16.7 Å². The van der Waals surface area contributed by atoms with Gasteiger partial charge in [-0.05, 0) is 25.1 Å². The first-order valence-electron chi connectivity index (χ1n) is 5.46. The van der Waals surface area contributed by atoms with E-state index in [0.717, 1.165) is 0 Å². The van der Waals surface area contributed by atoms with Crippen LogP contribution in [0.4, 0.5) is 4.39 Å². The van der Waals surface area contributed by atoms with Crippen molar-refractivity contribution in [1.82, 2.24) is 4.57 Å². The average molecular weight is 242 g/mol. The van der Waals surface area contributed by atoms with Crippen LogP contribution in [0.25, 0.3) is 0 Å². The number of benzene rings is 1. The smallest absolute Gasteiger partial charge is 0.253 e. The van der Waals surface area contributed by atoms with Crippen molar-refractivity contribution in [2.45, 2.75) is 13.5 Å². The quantitative estimate of drug-likeness (QED) is 0.810. The van der Waals surface area contributed by atoms with Gasteiger partial charge in [0.2, 0.25) is 0 Å². The largest absolute Gasteiger partial charge is 0.311 e. The fourth-order valence-corrected chi connectivity index (χ4v) is 1.71. The maximum absolute atomic E-state index is 13.7. The third-order valence-electron chi connectivity index (χ3n) is 2.73. The summed E-state index contributed by atoms with van der Waals surface area (Å²) in [5.74, 6) is -0.470. The number of aromatic nitrogens is 1. The van der Waals surface area contributed by atoms with E-state index in [1.165, 1.54) is 16.7 Å². The first-order chi connectivity index (χ1) is 8.61. The third-order valence-corrected chi connectivity index (χ3v) is 2.73. The molecule has 1 aromatic carbocycles. The van der Waals surface area contributed by atoms with Gasteiger partial charge in [0.05, 0.1) is 18.2 Å². The lowest BCUT2D eigenvalue weighted by molar-refractivity contribution is 0.595. The van der Waals surface area contributed by atoms with Crippen LogP contribution in [0.3, 0.4) is 0 Å². The van der Waals surface area contributed by atoms with Crippen LogP contribution in [0, 0.1) is 24.1 Å². The molecule has 0 unspecified atom stereocenters. The third kappa shape index (κ3) is 2.30. The summed E-state index contributed by atoms with van der Waals surface area (Å²) in [6.45, 7) is 1.88. The summed E-state index contributed by atoms with van der Waals surface area (Å²) in [7, 11) is 0. The minimum absolute atomic E-state index is 0.138. The molecular weight excluding hydrogens is 231 g/mol. The van der Waals surface area contributed by atoms with Crippen molar-refractivity contribution in [1.29, 1.82) is 5.26 Å². The molecule has 18 heavy (non-hydrogen) atoms. The second-order valence-corrected chi connectivity index (χ2v) is 4.04. The summed E-state index contributed by atoms with van der Waals surface area (Å²) in [6.07, 6.45) is 1.62. The Morgan fingerprint density at radius 1 is 1.39 bits per heavy atom. The summed E-state index contributed by atoms with van der Waals surface area (Å²) >= 11 is 0. The summed E-state index contributed by atoms with van der Waals surface area (Å²) in [4.78, 5) is 11.8. The Labute approximate surface area is 104 Å². The molecule has 0 aliphatic carbocycles. The standard InChI is InChI=1S/C14H11FN2O/c1-10-3-2-6-17(14(10)18)9-12-5-4-11(8-16)7-13(12)15/h2-7H,9H2,1H3. The van der Waals surface area contributed by atoms with E-state index in [4.69, 9.17) is 5.26 Å². The second-order valence-electron chi connectivity index (χ2n) is 4.04. The van der Waals surface area contributed by atoms with Crippen molar-refractivity contribution in [3.05, 3.63) is 69.4 Å². The molecule has 0 atom stereocenters. The van der Waals surface area contributed by atoms with Gasteiger partial charge in [0.25, 0.3) is 5.56 Å². The Balaban J connectivity index is 2.38. The normalized spacial score (nSPS) is 10.1. The van der Waals surface area contributed by atoms with Gasteiger partial charge in [0.15, 0.2) is 0 Å². The summed E-state index contributed by atoms with van der Waals surface area (Å²) < 4.78 is 15.1. The zero-order chi connectivity index (χ0) is 13.1. The molecule has 0 N–H and O–H groups in total. The number of hydrogen-bond donors (Lipinski definition) is 0. The molecular formula is C14H11FN2O. The molecule has 0 amide bonds. The molecule has 0 spiro atoms. The number of pyridine rings is 1. The van der Waals surface area contributed by atoms with E-state index in [1.54, 1.807) is 31.3 Å². The van der Waals surface area contributed by atoms with Gasteiger partial charge in [-0.15, -0.1) is 0 Å². The van der Waals surface area contributed by atoms with E-state index in [2.05, 4.69) is 0 Å². The van der Waals surface area contributed by atoms with Gasteiger partial charge >= 0.3 is 0 Å². The van der Waals surface area contributed by atoms with Gasteiger partial charge in [-0.1, -0.05) is 12.1 Å². The molecule has 2 aromatic rings. The highest BCUT2D eigenvalue weighted by molar-refractivity contribution is 5.33. The molecule has 4 heteroatoms.